The highest BCUT2D eigenvalue weighted by Crippen LogP contribution is 2.23. The number of hydrogen-bond acceptors (Lipinski definition) is 1. The van der Waals surface area contributed by atoms with Crippen molar-refractivity contribution < 1.29 is 0 Å². The molecule has 0 bridgehead atoms. The Morgan fingerprint density at radius 3 is 2.67 bits per heavy atom. The van der Waals surface area contributed by atoms with Crippen molar-refractivity contribution in [3.8, 4) is 0 Å². The smallest absolute Gasteiger partial charge is 0.0462 e. The Labute approximate surface area is 96.3 Å². The molecule has 1 heterocycles. The molecule has 2 rings (SSSR count). The summed E-state index contributed by atoms with van der Waals surface area (Å²) in [5.41, 5.74) is 10.8. The number of nitrogens with two attached hydrogens (primary N) is 1. The fourth-order valence-corrected chi connectivity index (χ4v) is 2.10. The van der Waals surface area contributed by atoms with Crippen molar-refractivity contribution in [2.45, 2.75) is 20.3 Å². The van der Waals surface area contributed by atoms with Crippen LogP contribution in [0.4, 0.5) is 0 Å². The fourth-order valence-electron chi connectivity index (χ4n) is 2.10. The molecule has 1 aromatic carbocycles. The molecule has 0 unspecified atom stereocenters. The highest BCUT2D eigenvalue weighted by Gasteiger charge is 2.05. The first-order valence-corrected chi connectivity index (χ1v) is 4.99. The van der Waals surface area contributed by atoms with Gasteiger partial charge in [-0.2, -0.15) is 0 Å². The van der Waals surface area contributed by atoms with E-state index < -0.39 is 0 Å². The van der Waals surface area contributed by atoms with Gasteiger partial charge >= 0.3 is 0 Å². The molecule has 0 saturated carbocycles. The van der Waals surface area contributed by atoms with Gasteiger partial charge in [-0.15, -0.1) is 12.4 Å². The first-order chi connectivity index (χ1) is 6.72. The third-order valence-electron chi connectivity index (χ3n) is 2.62. The number of hydrogen-bond donors (Lipinski definition) is 2. The molecule has 3 heteroatoms. The highest BCUT2D eigenvalue weighted by atomic mass is 35.5. The number of H-pyrrole nitrogens is 1. The normalized spacial score (nSPS) is 10.3. The molecule has 0 aliphatic rings. The van der Waals surface area contributed by atoms with Crippen LogP contribution in [0.25, 0.3) is 10.9 Å². The number of aryl methyl sites for hydroxylation is 2. The molecule has 0 atom stereocenters. The summed E-state index contributed by atoms with van der Waals surface area (Å²) >= 11 is 0. The minimum Gasteiger partial charge on any atom is -0.361 e. The van der Waals surface area contributed by atoms with Gasteiger partial charge in [0, 0.05) is 17.1 Å². The maximum atomic E-state index is 5.58. The summed E-state index contributed by atoms with van der Waals surface area (Å²) in [5, 5.41) is 1.35. The average molecular weight is 225 g/mol. The number of benzene rings is 1. The van der Waals surface area contributed by atoms with E-state index in [0.717, 1.165) is 6.42 Å². The number of nitrogens with one attached hydrogen (secondary N) is 1. The summed E-state index contributed by atoms with van der Waals surface area (Å²) in [4.78, 5) is 3.30. The van der Waals surface area contributed by atoms with E-state index in [0.29, 0.717) is 6.54 Å². The SMILES string of the molecule is Cc1cc(C)c2c(CCN)c[nH]c2c1.Cl. The van der Waals surface area contributed by atoms with E-state index in [1.54, 1.807) is 0 Å². The predicted molar refractivity (Wildman–Crippen MR) is 67.8 cm³/mol. The zero-order valence-electron chi connectivity index (χ0n) is 9.13. The standard InChI is InChI=1S/C12H16N2.ClH/c1-8-5-9(2)12-10(3-4-13)7-14-11(12)6-8;/h5-7,14H,3-4,13H2,1-2H3;1H. The molecule has 0 saturated heterocycles. The molecule has 1 aromatic heterocycles. The topological polar surface area (TPSA) is 41.8 Å². The van der Waals surface area contributed by atoms with E-state index in [-0.39, 0.29) is 12.4 Å². The van der Waals surface area contributed by atoms with Crippen molar-refractivity contribution in [1.29, 1.82) is 0 Å². The van der Waals surface area contributed by atoms with Crippen molar-refractivity contribution in [2.75, 3.05) is 6.54 Å². The quantitative estimate of drug-likeness (QED) is 0.809. The predicted octanol–water partition coefficient (Wildman–Crippen LogP) is 2.71. The van der Waals surface area contributed by atoms with Gasteiger partial charge in [0.05, 0.1) is 0 Å². The molecule has 0 amide bonds. The first-order valence-electron chi connectivity index (χ1n) is 4.99. The van der Waals surface area contributed by atoms with Crippen LogP contribution in [0, 0.1) is 13.8 Å². The third kappa shape index (κ3) is 2.16. The van der Waals surface area contributed by atoms with Crippen molar-refractivity contribution in [1.82, 2.24) is 4.98 Å². The maximum Gasteiger partial charge on any atom is 0.0462 e. The lowest BCUT2D eigenvalue weighted by molar-refractivity contribution is 0.976. The zero-order chi connectivity index (χ0) is 10.1. The molecule has 2 nitrogen and oxygen atoms in total. The lowest BCUT2D eigenvalue weighted by atomic mass is 10.0. The Morgan fingerprint density at radius 1 is 1.27 bits per heavy atom. The van der Waals surface area contributed by atoms with Crippen molar-refractivity contribution in [2.24, 2.45) is 5.73 Å². The molecule has 0 fully saturated rings. The van der Waals surface area contributed by atoms with E-state index in [4.69, 9.17) is 5.73 Å². The Kier molecular flexibility index (Phi) is 3.77. The summed E-state index contributed by atoms with van der Waals surface area (Å²) in [6, 6.07) is 4.40. The molecule has 0 aliphatic heterocycles. The Hall–Kier alpha value is -0.990. The van der Waals surface area contributed by atoms with Gasteiger partial charge in [-0.05, 0) is 49.6 Å². The molecule has 15 heavy (non-hydrogen) atoms. The van der Waals surface area contributed by atoms with Gasteiger partial charge in [0.1, 0.15) is 0 Å². The number of halogens is 1. The van der Waals surface area contributed by atoms with Crippen LogP contribution in [-0.2, 0) is 6.42 Å². The molecule has 0 aliphatic carbocycles. The second-order valence-corrected chi connectivity index (χ2v) is 3.86. The second-order valence-electron chi connectivity index (χ2n) is 3.86. The van der Waals surface area contributed by atoms with Crippen molar-refractivity contribution in [3.63, 3.8) is 0 Å². The Bertz CT molecular complexity index is 460. The summed E-state index contributed by atoms with van der Waals surface area (Å²) in [7, 11) is 0. The number of fused-ring (bicyclic) bond motifs is 1. The third-order valence-corrected chi connectivity index (χ3v) is 2.62. The summed E-state index contributed by atoms with van der Waals surface area (Å²) < 4.78 is 0. The monoisotopic (exact) mass is 224 g/mol. The van der Waals surface area contributed by atoms with Gasteiger partial charge in [-0.25, -0.2) is 0 Å². The number of aromatic amines is 1. The lowest BCUT2D eigenvalue weighted by Crippen LogP contribution is -2.02. The van der Waals surface area contributed by atoms with Crippen molar-refractivity contribution >= 4 is 23.3 Å². The number of aromatic nitrogens is 1. The lowest BCUT2D eigenvalue weighted by Gasteiger charge is -2.02. The van der Waals surface area contributed by atoms with Crippen LogP contribution < -0.4 is 5.73 Å². The largest absolute Gasteiger partial charge is 0.361 e. The highest BCUT2D eigenvalue weighted by molar-refractivity contribution is 5.87. The van der Waals surface area contributed by atoms with E-state index >= 15 is 0 Å². The molecule has 0 spiro atoms. The van der Waals surface area contributed by atoms with E-state index in [2.05, 4.69) is 37.2 Å². The van der Waals surface area contributed by atoms with Crippen LogP contribution in [0.2, 0.25) is 0 Å². The minimum atomic E-state index is 0. The summed E-state index contributed by atoms with van der Waals surface area (Å²) in [6.07, 6.45) is 3.02. The minimum absolute atomic E-state index is 0. The van der Waals surface area contributed by atoms with Crippen LogP contribution in [0.15, 0.2) is 18.3 Å². The Morgan fingerprint density at radius 2 is 2.00 bits per heavy atom. The van der Waals surface area contributed by atoms with Gasteiger partial charge in [-0.3, -0.25) is 0 Å². The van der Waals surface area contributed by atoms with Gasteiger partial charge in [-0.1, -0.05) is 6.07 Å². The van der Waals surface area contributed by atoms with Gasteiger partial charge < -0.3 is 10.7 Å². The van der Waals surface area contributed by atoms with Gasteiger partial charge in [0.15, 0.2) is 0 Å². The molecular weight excluding hydrogens is 208 g/mol. The van der Waals surface area contributed by atoms with Crippen LogP contribution in [0.3, 0.4) is 0 Å². The van der Waals surface area contributed by atoms with Gasteiger partial charge in [0.2, 0.25) is 0 Å². The molecule has 3 N–H and O–H groups in total. The first kappa shape index (κ1) is 12.1. The molecular formula is C12H17ClN2. The number of rotatable bonds is 2. The summed E-state index contributed by atoms with van der Waals surface area (Å²) in [5.74, 6) is 0. The van der Waals surface area contributed by atoms with Crippen LogP contribution in [-0.4, -0.2) is 11.5 Å². The molecule has 2 aromatic rings. The average Bonchev–Trinajstić information content (AvgIpc) is 2.49. The van der Waals surface area contributed by atoms with E-state index in [9.17, 15) is 0 Å². The summed E-state index contributed by atoms with van der Waals surface area (Å²) in [6.45, 7) is 4.99. The van der Waals surface area contributed by atoms with Crippen molar-refractivity contribution in [3.05, 3.63) is 35.0 Å². The van der Waals surface area contributed by atoms with E-state index in [1.807, 2.05) is 0 Å². The van der Waals surface area contributed by atoms with Gasteiger partial charge in [0.25, 0.3) is 0 Å². The maximum absolute atomic E-state index is 5.58. The fraction of sp³-hybridized carbons (Fsp3) is 0.333. The zero-order valence-corrected chi connectivity index (χ0v) is 9.95. The van der Waals surface area contributed by atoms with Crippen LogP contribution in [0.1, 0.15) is 16.7 Å². The molecule has 82 valence electrons. The second kappa shape index (κ2) is 4.69. The van der Waals surface area contributed by atoms with E-state index in [1.165, 1.54) is 27.6 Å². The van der Waals surface area contributed by atoms with Crippen LogP contribution in [0.5, 0.6) is 0 Å². The molecule has 0 radical (unpaired) electrons. The van der Waals surface area contributed by atoms with Crippen LogP contribution >= 0.6 is 12.4 Å². The Balaban J connectivity index is 0.00000112.